The molecule has 3 rings (SSSR count). The van der Waals surface area contributed by atoms with Crippen molar-refractivity contribution in [3.05, 3.63) is 71.8 Å². The molecule has 1 saturated heterocycles. The first-order valence-corrected chi connectivity index (χ1v) is 14.3. The molecule has 0 aromatic heterocycles. The Balaban J connectivity index is 1.99. The number of ether oxygens (including phenoxy) is 1. The summed E-state index contributed by atoms with van der Waals surface area (Å²) >= 11 is 0. The molecule has 2 amide bonds. The van der Waals surface area contributed by atoms with Gasteiger partial charge in [0.25, 0.3) is 0 Å². The number of carbonyl (C=O) groups is 2. The Labute approximate surface area is 186 Å². The van der Waals surface area contributed by atoms with E-state index in [0.717, 1.165) is 11.1 Å². The molecule has 2 aromatic rings. The molecule has 0 N–H and O–H groups in total. The standard InChI is InChI=1S/C25H33NO4Si/c1-17(2)22(30-31(4,5)6)18(3)24(27)26-21(19-13-9-7-10-14-19)23(29-25(26)28)20-15-11-8-12-16-20/h7-18,21-23H,1-6H3/t18-,21-,22+,23+/m1/s1. The van der Waals surface area contributed by atoms with Crippen LogP contribution in [-0.2, 0) is 14.0 Å². The summed E-state index contributed by atoms with van der Waals surface area (Å²) in [4.78, 5) is 28.0. The van der Waals surface area contributed by atoms with Gasteiger partial charge in [0.1, 0.15) is 6.04 Å². The van der Waals surface area contributed by atoms with E-state index in [4.69, 9.17) is 9.16 Å². The van der Waals surface area contributed by atoms with Gasteiger partial charge in [-0.15, -0.1) is 0 Å². The minimum atomic E-state index is -1.88. The summed E-state index contributed by atoms with van der Waals surface area (Å²) < 4.78 is 12.1. The maximum atomic E-state index is 13.7. The van der Waals surface area contributed by atoms with Crippen LogP contribution >= 0.6 is 0 Å². The molecule has 2 aromatic carbocycles. The fraction of sp³-hybridized carbons (Fsp3) is 0.440. The van der Waals surface area contributed by atoms with Gasteiger partial charge in [0.2, 0.25) is 5.91 Å². The van der Waals surface area contributed by atoms with Crippen molar-refractivity contribution in [1.82, 2.24) is 4.90 Å². The molecule has 0 saturated carbocycles. The highest BCUT2D eigenvalue weighted by atomic mass is 28.4. The highest BCUT2D eigenvalue weighted by Gasteiger charge is 2.49. The van der Waals surface area contributed by atoms with Gasteiger partial charge in [0.15, 0.2) is 14.4 Å². The Bertz CT molecular complexity index is 895. The Hall–Kier alpha value is -2.44. The molecule has 4 atom stereocenters. The van der Waals surface area contributed by atoms with Crippen molar-refractivity contribution in [2.24, 2.45) is 11.8 Å². The average molecular weight is 440 g/mol. The summed E-state index contributed by atoms with van der Waals surface area (Å²) in [5.41, 5.74) is 1.74. The van der Waals surface area contributed by atoms with Crippen LogP contribution in [0.25, 0.3) is 0 Å². The minimum Gasteiger partial charge on any atom is -0.438 e. The predicted molar refractivity (Wildman–Crippen MR) is 124 cm³/mol. The van der Waals surface area contributed by atoms with Crippen molar-refractivity contribution in [2.75, 3.05) is 0 Å². The first-order chi connectivity index (χ1) is 14.6. The lowest BCUT2D eigenvalue weighted by Gasteiger charge is -2.35. The molecule has 1 heterocycles. The summed E-state index contributed by atoms with van der Waals surface area (Å²) in [6.45, 7) is 12.3. The molecule has 1 aliphatic rings. The van der Waals surface area contributed by atoms with Gasteiger partial charge in [-0.05, 0) is 36.7 Å². The number of rotatable bonds is 7. The SMILES string of the molecule is CC(C)[C@H](O[Si](C)(C)C)[C@@H](C)C(=O)N1C(=O)O[C@@H](c2ccccc2)[C@H]1c1ccccc1. The normalized spacial score (nSPS) is 21.1. The lowest BCUT2D eigenvalue weighted by atomic mass is 9.91. The molecule has 6 heteroatoms. The summed E-state index contributed by atoms with van der Waals surface area (Å²) in [6.07, 6.45) is -1.42. The fourth-order valence-electron chi connectivity index (χ4n) is 4.16. The first-order valence-electron chi connectivity index (χ1n) is 10.9. The Morgan fingerprint density at radius 3 is 1.94 bits per heavy atom. The second-order valence-electron chi connectivity index (χ2n) is 9.51. The Morgan fingerprint density at radius 2 is 1.45 bits per heavy atom. The summed E-state index contributed by atoms with van der Waals surface area (Å²) in [5, 5.41) is 0. The van der Waals surface area contributed by atoms with Gasteiger partial charge in [-0.1, -0.05) is 81.4 Å². The molecule has 31 heavy (non-hydrogen) atoms. The molecule has 166 valence electrons. The van der Waals surface area contributed by atoms with E-state index in [9.17, 15) is 9.59 Å². The topological polar surface area (TPSA) is 55.8 Å². The van der Waals surface area contributed by atoms with E-state index in [0.29, 0.717) is 0 Å². The zero-order valence-corrected chi connectivity index (χ0v) is 20.2. The molecule has 5 nitrogen and oxygen atoms in total. The van der Waals surface area contributed by atoms with E-state index in [-0.39, 0.29) is 17.9 Å². The third-order valence-corrected chi connectivity index (χ3v) is 6.50. The molecule has 0 spiro atoms. The van der Waals surface area contributed by atoms with Crippen LogP contribution in [0.4, 0.5) is 4.79 Å². The number of imide groups is 1. The maximum absolute atomic E-state index is 13.7. The average Bonchev–Trinajstić information content (AvgIpc) is 3.08. The maximum Gasteiger partial charge on any atom is 0.417 e. The van der Waals surface area contributed by atoms with Crippen LogP contribution in [0.5, 0.6) is 0 Å². The van der Waals surface area contributed by atoms with Gasteiger partial charge in [-0.2, -0.15) is 0 Å². The van der Waals surface area contributed by atoms with Gasteiger partial charge < -0.3 is 9.16 Å². The van der Waals surface area contributed by atoms with E-state index in [2.05, 4.69) is 33.5 Å². The third kappa shape index (κ3) is 5.25. The minimum absolute atomic E-state index is 0.143. The van der Waals surface area contributed by atoms with E-state index in [1.165, 1.54) is 4.90 Å². The van der Waals surface area contributed by atoms with E-state index in [1.54, 1.807) is 0 Å². The molecular weight excluding hydrogens is 406 g/mol. The summed E-state index contributed by atoms with van der Waals surface area (Å²) in [6, 6.07) is 18.7. The van der Waals surface area contributed by atoms with Crippen LogP contribution in [0.3, 0.4) is 0 Å². The summed E-state index contributed by atoms with van der Waals surface area (Å²) in [7, 11) is -1.88. The van der Waals surface area contributed by atoms with Crippen LogP contribution in [0.15, 0.2) is 60.7 Å². The number of hydrogen-bond donors (Lipinski definition) is 0. The Kier molecular flexibility index (Phi) is 7.02. The van der Waals surface area contributed by atoms with Crippen molar-refractivity contribution in [2.45, 2.75) is 58.7 Å². The van der Waals surface area contributed by atoms with E-state index in [1.807, 2.05) is 67.6 Å². The summed E-state index contributed by atoms with van der Waals surface area (Å²) in [5.74, 6) is -0.585. The molecule has 0 radical (unpaired) electrons. The molecule has 0 aliphatic carbocycles. The fourth-order valence-corrected chi connectivity index (χ4v) is 5.45. The lowest BCUT2D eigenvalue weighted by Crippen LogP contribution is -2.47. The van der Waals surface area contributed by atoms with Gasteiger partial charge in [0, 0.05) is 0 Å². The van der Waals surface area contributed by atoms with Crippen molar-refractivity contribution >= 4 is 20.3 Å². The molecule has 1 aliphatic heterocycles. The number of benzene rings is 2. The van der Waals surface area contributed by atoms with Gasteiger partial charge >= 0.3 is 6.09 Å². The zero-order valence-electron chi connectivity index (χ0n) is 19.2. The second-order valence-corrected chi connectivity index (χ2v) is 14.0. The monoisotopic (exact) mass is 439 g/mol. The van der Waals surface area contributed by atoms with E-state index < -0.39 is 32.5 Å². The van der Waals surface area contributed by atoms with Crippen LogP contribution < -0.4 is 0 Å². The van der Waals surface area contributed by atoms with Crippen molar-refractivity contribution in [3.63, 3.8) is 0 Å². The van der Waals surface area contributed by atoms with Crippen LogP contribution in [-0.4, -0.2) is 31.3 Å². The molecule has 0 unspecified atom stereocenters. The Morgan fingerprint density at radius 1 is 0.935 bits per heavy atom. The largest absolute Gasteiger partial charge is 0.438 e. The molecular formula is C25H33NO4Si. The first kappa shape index (κ1) is 23.2. The van der Waals surface area contributed by atoms with Crippen molar-refractivity contribution in [1.29, 1.82) is 0 Å². The van der Waals surface area contributed by atoms with Gasteiger partial charge in [-0.3, -0.25) is 4.79 Å². The van der Waals surface area contributed by atoms with Gasteiger partial charge in [-0.25, -0.2) is 9.69 Å². The van der Waals surface area contributed by atoms with Crippen molar-refractivity contribution in [3.8, 4) is 0 Å². The van der Waals surface area contributed by atoms with Crippen LogP contribution in [0, 0.1) is 11.8 Å². The molecule has 0 bridgehead atoms. The van der Waals surface area contributed by atoms with Crippen molar-refractivity contribution < 1.29 is 18.8 Å². The highest BCUT2D eigenvalue weighted by Crippen LogP contribution is 2.44. The highest BCUT2D eigenvalue weighted by molar-refractivity contribution is 6.69. The molecule has 1 fully saturated rings. The zero-order chi connectivity index (χ0) is 22.8. The van der Waals surface area contributed by atoms with Gasteiger partial charge in [0.05, 0.1) is 12.0 Å². The number of cyclic esters (lactones) is 1. The quantitative estimate of drug-likeness (QED) is 0.500. The second kappa shape index (κ2) is 9.36. The number of amides is 2. The third-order valence-electron chi connectivity index (χ3n) is 5.53. The van der Waals surface area contributed by atoms with Crippen LogP contribution in [0.2, 0.25) is 19.6 Å². The smallest absolute Gasteiger partial charge is 0.417 e. The number of nitrogens with zero attached hydrogens (tertiary/aromatic N) is 1. The van der Waals surface area contributed by atoms with E-state index >= 15 is 0 Å². The predicted octanol–water partition coefficient (Wildman–Crippen LogP) is 5.96. The lowest BCUT2D eigenvalue weighted by molar-refractivity contribution is -0.137. The number of hydrogen-bond acceptors (Lipinski definition) is 4. The number of carbonyl (C=O) groups excluding carboxylic acids is 2. The van der Waals surface area contributed by atoms with Crippen LogP contribution in [0.1, 0.15) is 44.0 Å².